The molecule has 0 aliphatic heterocycles. The van der Waals surface area contributed by atoms with Crippen molar-refractivity contribution in [2.45, 2.75) is 31.9 Å². The molecule has 1 unspecified atom stereocenters. The van der Waals surface area contributed by atoms with Crippen molar-refractivity contribution < 1.29 is 19.3 Å². The molecule has 2 aromatic rings. The first-order chi connectivity index (χ1) is 14.3. The lowest BCUT2D eigenvalue weighted by molar-refractivity contribution is 0.0923. The zero-order chi connectivity index (χ0) is 22.0. The maximum Gasteiger partial charge on any atom is 0.233 e. The summed E-state index contributed by atoms with van der Waals surface area (Å²) < 4.78 is 16.4. The second-order valence-electron chi connectivity index (χ2n) is 7.43. The number of β-amino-alcohol motifs (C(OH)–C–C–N with tert-alkyl or cyclic N) is 1. The van der Waals surface area contributed by atoms with Gasteiger partial charge in [0.2, 0.25) is 5.88 Å². The largest absolute Gasteiger partial charge is 0.489 e. The molecule has 0 aliphatic carbocycles. The van der Waals surface area contributed by atoms with Crippen molar-refractivity contribution in [2.75, 3.05) is 38.9 Å². The van der Waals surface area contributed by atoms with Gasteiger partial charge in [0.1, 0.15) is 25.1 Å². The molecule has 1 aromatic heterocycles. The number of methoxy groups -OCH3 is 1. The number of aliphatic hydroxyl groups excluding tert-OH is 1. The van der Waals surface area contributed by atoms with Crippen LogP contribution in [-0.4, -0.2) is 60.4 Å². The molecule has 0 saturated carbocycles. The third-order valence-electron chi connectivity index (χ3n) is 4.21. The monoisotopic (exact) mass is 475 g/mol. The second kappa shape index (κ2) is 13.5. The number of rotatable bonds is 13. The highest BCUT2D eigenvalue weighted by atomic mass is 35.5. The molecule has 0 bridgehead atoms. The molecule has 0 aliphatic rings. The first-order valence-electron chi connectivity index (χ1n) is 9.59. The number of halogens is 2. The highest BCUT2D eigenvalue weighted by Crippen LogP contribution is 2.25. The number of anilines is 1. The topological polar surface area (TPSA) is 124 Å². The van der Waals surface area contributed by atoms with Gasteiger partial charge in [-0.3, -0.25) is 0 Å². The molecule has 2 rings (SSSR count). The van der Waals surface area contributed by atoms with Gasteiger partial charge in [-0.1, -0.05) is 17.7 Å². The number of benzene rings is 1. The molecule has 1 heterocycles. The summed E-state index contributed by atoms with van der Waals surface area (Å²) in [5.74, 6) is 6.63. The van der Waals surface area contributed by atoms with Gasteiger partial charge in [-0.25, -0.2) is 5.84 Å². The standard InChI is InChI=1S/C20H30ClN5O4.ClH/c1-20(2,13-30-19-7-6-18(24-22)25-26-19)23-11-15(27)12-29-17-5-4-14(8-9-28-3)10-16(17)21;/h4-7,10,15,23,27H,8-9,11-13,22H2,1-3H3,(H,24,25);1H. The number of nitrogens with zero attached hydrogens (tertiary/aromatic N) is 2. The van der Waals surface area contributed by atoms with Crippen molar-refractivity contribution in [3.63, 3.8) is 0 Å². The van der Waals surface area contributed by atoms with Crippen molar-refractivity contribution in [2.24, 2.45) is 5.84 Å². The Morgan fingerprint density at radius 1 is 1.19 bits per heavy atom. The van der Waals surface area contributed by atoms with E-state index in [1.165, 1.54) is 0 Å². The van der Waals surface area contributed by atoms with Crippen LogP contribution in [0.25, 0.3) is 0 Å². The summed E-state index contributed by atoms with van der Waals surface area (Å²) in [4.78, 5) is 0. The molecule has 0 saturated heterocycles. The summed E-state index contributed by atoms with van der Waals surface area (Å²) in [5, 5.41) is 21.8. The fourth-order valence-corrected chi connectivity index (χ4v) is 2.71. The van der Waals surface area contributed by atoms with Crippen LogP contribution >= 0.6 is 24.0 Å². The Morgan fingerprint density at radius 2 is 1.97 bits per heavy atom. The van der Waals surface area contributed by atoms with E-state index in [4.69, 9.17) is 31.7 Å². The summed E-state index contributed by atoms with van der Waals surface area (Å²) in [6.07, 6.45) is 0.0584. The maximum absolute atomic E-state index is 10.2. The summed E-state index contributed by atoms with van der Waals surface area (Å²) in [6.45, 7) is 5.31. The van der Waals surface area contributed by atoms with E-state index in [-0.39, 0.29) is 19.0 Å². The molecule has 5 N–H and O–H groups in total. The highest BCUT2D eigenvalue weighted by Gasteiger charge is 2.20. The number of nitrogens with one attached hydrogen (secondary N) is 2. The van der Waals surface area contributed by atoms with Crippen molar-refractivity contribution in [1.29, 1.82) is 0 Å². The van der Waals surface area contributed by atoms with Gasteiger partial charge in [0.05, 0.1) is 11.6 Å². The Bertz CT molecular complexity index is 781. The number of nitrogens with two attached hydrogens (primary N) is 1. The van der Waals surface area contributed by atoms with E-state index in [0.29, 0.717) is 42.2 Å². The Balaban J connectivity index is 0.00000480. The van der Waals surface area contributed by atoms with E-state index >= 15 is 0 Å². The normalized spacial score (nSPS) is 12.1. The van der Waals surface area contributed by atoms with Crippen LogP contribution in [-0.2, 0) is 11.2 Å². The minimum Gasteiger partial charge on any atom is -0.489 e. The number of aromatic nitrogens is 2. The summed E-state index contributed by atoms with van der Waals surface area (Å²) in [5.41, 5.74) is 3.06. The summed E-state index contributed by atoms with van der Waals surface area (Å²) >= 11 is 6.26. The van der Waals surface area contributed by atoms with Gasteiger partial charge in [0, 0.05) is 25.3 Å². The fourth-order valence-electron chi connectivity index (χ4n) is 2.46. The zero-order valence-electron chi connectivity index (χ0n) is 17.9. The van der Waals surface area contributed by atoms with Crippen LogP contribution < -0.4 is 26.1 Å². The first kappa shape index (κ1) is 27.2. The molecule has 1 atom stereocenters. The average molecular weight is 476 g/mol. The van der Waals surface area contributed by atoms with E-state index in [0.717, 1.165) is 12.0 Å². The first-order valence-corrected chi connectivity index (χ1v) is 9.97. The quantitative estimate of drug-likeness (QED) is 0.255. The lowest BCUT2D eigenvalue weighted by atomic mass is 10.1. The molecular weight excluding hydrogens is 445 g/mol. The SMILES string of the molecule is COCCc1ccc(OCC(O)CNC(C)(C)COc2ccc(NN)nn2)c(Cl)c1.Cl. The molecule has 174 valence electrons. The highest BCUT2D eigenvalue weighted by molar-refractivity contribution is 6.32. The Kier molecular flexibility index (Phi) is 11.8. The number of aliphatic hydroxyl groups is 1. The lowest BCUT2D eigenvalue weighted by Gasteiger charge is -2.27. The minimum absolute atomic E-state index is 0. The Labute approximate surface area is 194 Å². The van der Waals surface area contributed by atoms with Gasteiger partial charge >= 0.3 is 0 Å². The molecule has 0 fully saturated rings. The van der Waals surface area contributed by atoms with Gasteiger partial charge in [-0.05, 0) is 44.0 Å². The van der Waals surface area contributed by atoms with E-state index in [1.807, 2.05) is 26.0 Å². The van der Waals surface area contributed by atoms with Crippen molar-refractivity contribution in [1.82, 2.24) is 15.5 Å². The van der Waals surface area contributed by atoms with Gasteiger partial charge < -0.3 is 30.1 Å². The smallest absolute Gasteiger partial charge is 0.233 e. The van der Waals surface area contributed by atoms with Crippen molar-refractivity contribution >= 4 is 29.8 Å². The molecular formula is C20H31Cl2N5O4. The van der Waals surface area contributed by atoms with E-state index in [1.54, 1.807) is 25.3 Å². The number of hydrogen-bond donors (Lipinski definition) is 4. The molecule has 31 heavy (non-hydrogen) atoms. The maximum atomic E-state index is 10.2. The average Bonchev–Trinajstić information content (AvgIpc) is 2.74. The van der Waals surface area contributed by atoms with Gasteiger partial charge in [0.15, 0.2) is 5.82 Å². The molecule has 0 spiro atoms. The number of hydrazine groups is 1. The van der Waals surface area contributed by atoms with Crippen LogP contribution in [0.1, 0.15) is 19.4 Å². The van der Waals surface area contributed by atoms with Crippen molar-refractivity contribution in [3.8, 4) is 11.6 Å². The zero-order valence-corrected chi connectivity index (χ0v) is 19.5. The predicted octanol–water partition coefficient (Wildman–Crippen LogP) is 2.21. The Hall–Kier alpha value is -1.88. The van der Waals surface area contributed by atoms with Gasteiger partial charge in [0.25, 0.3) is 0 Å². The molecule has 9 nitrogen and oxygen atoms in total. The second-order valence-corrected chi connectivity index (χ2v) is 7.83. The number of hydrogen-bond acceptors (Lipinski definition) is 9. The number of nitrogen functional groups attached to an aromatic ring is 1. The number of ether oxygens (including phenoxy) is 3. The molecule has 11 heteroatoms. The lowest BCUT2D eigenvalue weighted by Crippen LogP contribution is -2.48. The third-order valence-corrected chi connectivity index (χ3v) is 4.50. The van der Waals surface area contributed by atoms with E-state index in [2.05, 4.69) is 20.9 Å². The van der Waals surface area contributed by atoms with Crippen molar-refractivity contribution in [3.05, 3.63) is 40.9 Å². The van der Waals surface area contributed by atoms with E-state index < -0.39 is 11.6 Å². The van der Waals surface area contributed by atoms with Gasteiger partial charge in [-0.2, -0.15) is 0 Å². The Morgan fingerprint density at radius 3 is 2.58 bits per heavy atom. The van der Waals surface area contributed by atoms with Crippen LogP contribution in [0, 0.1) is 0 Å². The summed E-state index contributed by atoms with van der Waals surface area (Å²) in [7, 11) is 1.66. The van der Waals surface area contributed by atoms with E-state index in [9.17, 15) is 5.11 Å². The summed E-state index contributed by atoms with van der Waals surface area (Å²) in [6, 6.07) is 8.92. The molecule has 1 aromatic carbocycles. The van der Waals surface area contributed by atoms with Crippen LogP contribution in [0.4, 0.5) is 5.82 Å². The fraction of sp³-hybridized carbons (Fsp3) is 0.500. The molecule has 0 radical (unpaired) electrons. The van der Waals surface area contributed by atoms with Crippen LogP contribution in [0.15, 0.2) is 30.3 Å². The van der Waals surface area contributed by atoms with Crippen LogP contribution in [0.2, 0.25) is 5.02 Å². The predicted molar refractivity (Wildman–Crippen MR) is 123 cm³/mol. The van der Waals surface area contributed by atoms with Crippen LogP contribution in [0.5, 0.6) is 11.6 Å². The minimum atomic E-state index is -0.719. The van der Waals surface area contributed by atoms with Gasteiger partial charge in [-0.15, -0.1) is 22.6 Å². The molecule has 0 amide bonds. The third kappa shape index (κ3) is 9.86. The van der Waals surface area contributed by atoms with Crippen LogP contribution in [0.3, 0.4) is 0 Å².